The summed E-state index contributed by atoms with van der Waals surface area (Å²) in [5.41, 5.74) is 16.1. The third-order valence-electron chi connectivity index (χ3n) is 12.0. The smallest absolute Gasteiger partial charge is 0.186 e. The molecular weight excluding hydrogens is 859 g/mol. The van der Waals surface area contributed by atoms with Crippen molar-refractivity contribution in [3.8, 4) is 0 Å². The fourth-order valence-electron chi connectivity index (χ4n) is 8.49. The van der Waals surface area contributed by atoms with E-state index < -0.39 is 61.2 Å². The summed E-state index contributed by atoms with van der Waals surface area (Å²) < 4.78 is 60.1. The van der Waals surface area contributed by atoms with E-state index in [-0.39, 0.29) is 33.0 Å². The highest BCUT2D eigenvalue weighted by atomic mass is 16.7. The molecule has 0 N–H and O–H groups in total. The minimum Gasteiger partial charge on any atom is -0.374 e. The van der Waals surface area contributed by atoms with Crippen molar-refractivity contribution in [2.24, 2.45) is 5.11 Å². The predicted octanol–water partition coefficient (Wildman–Crippen LogP) is 10.5. The molecule has 0 aliphatic carbocycles. The Labute approximate surface area is 398 Å². The van der Waals surface area contributed by atoms with Crippen LogP contribution in [0.15, 0.2) is 199 Å². The molecular formula is C56H59N3O9. The van der Waals surface area contributed by atoms with Crippen LogP contribution in [0.3, 0.4) is 0 Å². The van der Waals surface area contributed by atoms with Gasteiger partial charge in [0, 0.05) is 12.0 Å². The van der Waals surface area contributed by atoms with Crippen LogP contribution in [-0.4, -0.2) is 74.9 Å². The maximum Gasteiger partial charge on any atom is 0.186 e. The van der Waals surface area contributed by atoms with Crippen molar-refractivity contribution in [1.29, 1.82) is 0 Å². The van der Waals surface area contributed by atoms with Crippen molar-refractivity contribution < 1.29 is 42.6 Å². The Morgan fingerprint density at radius 1 is 0.441 bits per heavy atom. The van der Waals surface area contributed by atoms with Crippen LogP contribution in [0.1, 0.15) is 33.4 Å². The van der Waals surface area contributed by atoms with E-state index in [9.17, 15) is 5.53 Å². The number of azide groups is 1. The number of nitrogens with zero attached hydrogens (tertiary/aromatic N) is 3. The Balaban J connectivity index is 1.13. The van der Waals surface area contributed by atoms with Gasteiger partial charge in [-0.2, -0.15) is 0 Å². The number of hydrogen-bond donors (Lipinski definition) is 0. The Hall–Kier alpha value is -5.99. The average molecular weight is 918 g/mol. The maximum absolute atomic E-state index is 10.2. The first-order valence-corrected chi connectivity index (χ1v) is 23.1. The third kappa shape index (κ3) is 13.8. The van der Waals surface area contributed by atoms with E-state index in [1.165, 1.54) is 0 Å². The van der Waals surface area contributed by atoms with E-state index in [4.69, 9.17) is 42.6 Å². The summed E-state index contributed by atoms with van der Waals surface area (Å²) in [6.07, 6.45) is -2.85. The lowest BCUT2D eigenvalue weighted by molar-refractivity contribution is -0.309. The van der Waals surface area contributed by atoms with Gasteiger partial charge in [0.25, 0.3) is 0 Å². The molecule has 0 bridgehead atoms. The van der Waals surface area contributed by atoms with Gasteiger partial charge in [0.1, 0.15) is 36.6 Å². The second-order valence-electron chi connectivity index (χ2n) is 16.7. The molecule has 2 aliphatic rings. The van der Waals surface area contributed by atoms with Crippen molar-refractivity contribution in [2.45, 2.75) is 101 Å². The van der Waals surface area contributed by atoms with Gasteiger partial charge in [-0.25, -0.2) is 0 Å². The first-order chi connectivity index (χ1) is 33.6. The molecule has 352 valence electrons. The first-order valence-electron chi connectivity index (χ1n) is 23.1. The predicted molar refractivity (Wildman–Crippen MR) is 258 cm³/mol. The summed E-state index contributed by atoms with van der Waals surface area (Å²) in [4.78, 5) is 3.34. The highest BCUT2D eigenvalue weighted by Gasteiger charge is 2.50. The topological polar surface area (TPSA) is 132 Å². The molecule has 6 aromatic rings. The van der Waals surface area contributed by atoms with Crippen LogP contribution >= 0.6 is 0 Å². The van der Waals surface area contributed by atoms with Crippen LogP contribution in [0.2, 0.25) is 0 Å². The van der Waals surface area contributed by atoms with E-state index in [0.717, 1.165) is 33.4 Å². The molecule has 0 spiro atoms. The second-order valence-corrected chi connectivity index (χ2v) is 16.7. The Morgan fingerprint density at radius 2 is 0.809 bits per heavy atom. The monoisotopic (exact) mass is 917 g/mol. The zero-order valence-electron chi connectivity index (χ0n) is 38.2. The largest absolute Gasteiger partial charge is 0.374 e. The van der Waals surface area contributed by atoms with Crippen LogP contribution in [0.25, 0.3) is 10.4 Å². The average Bonchev–Trinajstić information content (AvgIpc) is 3.40. The van der Waals surface area contributed by atoms with Crippen molar-refractivity contribution in [2.75, 3.05) is 13.7 Å². The second kappa shape index (κ2) is 26.0. The highest BCUT2D eigenvalue weighted by Crippen LogP contribution is 2.35. The lowest BCUT2D eigenvalue weighted by atomic mass is 9.91. The summed E-state index contributed by atoms with van der Waals surface area (Å²) >= 11 is 0. The fraction of sp³-hybridized carbons (Fsp3) is 0.321. The number of rotatable bonds is 23. The molecule has 0 amide bonds. The quantitative estimate of drug-likeness (QED) is 0.0267. The van der Waals surface area contributed by atoms with Crippen LogP contribution in [0.5, 0.6) is 0 Å². The Bertz CT molecular complexity index is 2420. The lowest BCUT2D eigenvalue weighted by Crippen LogP contribution is -2.60. The van der Waals surface area contributed by atoms with Crippen molar-refractivity contribution in [1.82, 2.24) is 0 Å². The normalized spacial score (nSPS) is 24.9. The zero-order chi connectivity index (χ0) is 46.6. The van der Waals surface area contributed by atoms with Gasteiger partial charge < -0.3 is 42.6 Å². The van der Waals surface area contributed by atoms with E-state index >= 15 is 0 Å². The minimum atomic E-state index is -0.872. The molecule has 0 unspecified atom stereocenters. The van der Waals surface area contributed by atoms with E-state index in [0.29, 0.717) is 13.2 Å². The Morgan fingerprint density at radius 3 is 1.24 bits per heavy atom. The lowest BCUT2D eigenvalue weighted by Gasteiger charge is -2.46. The molecule has 68 heavy (non-hydrogen) atoms. The highest BCUT2D eigenvalue weighted by molar-refractivity contribution is 5.19. The van der Waals surface area contributed by atoms with E-state index in [1.807, 2.05) is 194 Å². The van der Waals surface area contributed by atoms with Crippen molar-refractivity contribution >= 4 is 0 Å². The zero-order valence-corrected chi connectivity index (χ0v) is 38.2. The maximum atomic E-state index is 10.2. The number of ether oxygens (including phenoxy) is 9. The van der Waals surface area contributed by atoms with Gasteiger partial charge >= 0.3 is 0 Å². The van der Waals surface area contributed by atoms with Gasteiger partial charge in [-0.3, -0.25) is 0 Å². The molecule has 2 aliphatic heterocycles. The van der Waals surface area contributed by atoms with Gasteiger partial charge in [0.2, 0.25) is 0 Å². The number of benzene rings is 6. The van der Waals surface area contributed by atoms with E-state index in [2.05, 4.69) is 10.0 Å². The molecule has 12 heteroatoms. The molecule has 12 nitrogen and oxygen atoms in total. The molecule has 2 saturated heterocycles. The van der Waals surface area contributed by atoms with Gasteiger partial charge in [-0.15, -0.1) is 0 Å². The summed E-state index contributed by atoms with van der Waals surface area (Å²) in [5.74, 6) is 0. The molecule has 0 aromatic heterocycles. The molecule has 2 fully saturated rings. The van der Waals surface area contributed by atoms with Gasteiger partial charge in [0.15, 0.2) is 6.29 Å². The summed E-state index contributed by atoms with van der Waals surface area (Å²) in [6, 6.07) is 58.8. The minimum absolute atomic E-state index is 0.164. The third-order valence-corrected chi connectivity index (χ3v) is 12.0. The van der Waals surface area contributed by atoms with Crippen LogP contribution in [-0.2, 0) is 82.3 Å². The number of methoxy groups -OCH3 is 1. The molecule has 6 aromatic carbocycles. The standard InChI is InChI=1S/C56H59N3O9/c1-60-56-55(66-39-46-30-18-7-19-31-46)54(65-38-45-28-16-6-17-29-45)51(62-35-42-22-10-3-11-23-42)48(68-56)33-32-47-50(58-59-57)53(64-37-44-26-14-5-15-27-44)52(63-36-43-24-12-4-13-25-43)49(67-47)40-61-34-41-20-8-2-9-21-41/h2-33,47-56H,34-40H2,1H3/b33-32-/t47-,48+,49+,50-,51+,52-,53+,54-,55+,56-/m0/s1. The Kier molecular flexibility index (Phi) is 18.5. The first kappa shape index (κ1) is 48.5. The summed E-state index contributed by atoms with van der Waals surface area (Å²) in [7, 11) is 1.59. The molecule has 8 rings (SSSR count). The van der Waals surface area contributed by atoms with Gasteiger partial charge in [0.05, 0.1) is 64.5 Å². The molecule has 10 atom stereocenters. The van der Waals surface area contributed by atoms with Gasteiger partial charge in [-0.1, -0.05) is 199 Å². The summed E-state index contributed by atoms with van der Waals surface area (Å²) in [5, 5.41) is 4.38. The van der Waals surface area contributed by atoms with E-state index in [1.54, 1.807) is 7.11 Å². The number of hydrogen-bond acceptors (Lipinski definition) is 10. The van der Waals surface area contributed by atoms with Gasteiger partial charge in [-0.05, 0) is 38.9 Å². The van der Waals surface area contributed by atoms with Crippen LogP contribution < -0.4 is 0 Å². The van der Waals surface area contributed by atoms with Crippen molar-refractivity contribution in [3.63, 3.8) is 0 Å². The van der Waals surface area contributed by atoms with Crippen LogP contribution in [0.4, 0.5) is 0 Å². The fourth-order valence-corrected chi connectivity index (χ4v) is 8.49. The van der Waals surface area contributed by atoms with Crippen molar-refractivity contribution in [3.05, 3.63) is 238 Å². The van der Waals surface area contributed by atoms with Crippen LogP contribution in [0, 0.1) is 0 Å². The molecule has 0 saturated carbocycles. The summed E-state index contributed by atoms with van der Waals surface area (Å²) in [6.45, 7) is 1.88. The molecule has 0 radical (unpaired) electrons. The SMILES string of the molecule is CO[C@H]1O[C@H](/C=C\[C@@H]2O[C@H](COCc3ccccc3)[C@H](OCc3ccccc3)[C@H](OCc3ccccc3)[C@H]2N=[N+]=[N-])[C@@H](OCc2ccccc2)[C@H](OCc2ccccc2)[C@H]1OCc1ccccc1. The molecule has 2 heterocycles.